The van der Waals surface area contributed by atoms with Crippen LogP contribution in [0.2, 0.25) is 0 Å². The van der Waals surface area contributed by atoms with Gasteiger partial charge in [0.15, 0.2) is 0 Å². The number of piperidine rings is 1. The Balaban J connectivity index is 0.00000121. The van der Waals surface area contributed by atoms with E-state index >= 15 is 0 Å². The first kappa shape index (κ1) is 13.0. The van der Waals surface area contributed by atoms with Crippen LogP contribution < -0.4 is 5.73 Å². The molecule has 1 rings (SSSR count). The van der Waals surface area contributed by atoms with Crippen molar-refractivity contribution in [3.05, 3.63) is 5.32 Å². The molecule has 0 aliphatic carbocycles. The van der Waals surface area contributed by atoms with Crippen molar-refractivity contribution in [2.75, 3.05) is 0 Å². The minimum atomic E-state index is 0. The Morgan fingerprint density at radius 1 is 1.08 bits per heavy atom. The average molecular weight is 244 g/mol. The zero-order valence-corrected chi connectivity index (χ0v) is 11.4. The molecule has 0 amide bonds. The maximum Gasteiger partial charge on any atom is 0.00158 e. The summed E-state index contributed by atoms with van der Waals surface area (Å²) in [6.45, 7) is 8.64. The number of hydrogen-bond donors (Lipinski definition) is 1. The number of rotatable bonds is 0. The zero-order valence-electron chi connectivity index (χ0n) is 8.59. The number of hydrogen-bond acceptors (Lipinski definition) is 1. The molecular formula is C9H19N2Y-. The molecule has 0 saturated carbocycles. The van der Waals surface area contributed by atoms with Crippen molar-refractivity contribution >= 4 is 0 Å². The first-order valence-electron chi connectivity index (χ1n) is 4.30. The fraction of sp³-hybridized carbons (Fsp3) is 1.00. The molecule has 0 atom stereocenters. The number of nitrogens with zero attached hydrogens (tertiary/aromatic N) is 1. The summed E-state index contributed by atoms with van der Waals surface area (Å²) in [6.07, 6.45) is 2.05. The molecule has 69 valence electrons. The van der Waals surface area contributed by atoms with Crippen LogP contribution in [0.1, 0.15) is 40.5 Å². The van der Waals surface area contributed by atoms with Gasteiger partial charge in [0.2, 0.25) is 0 Å². The van der Waals surface area contributed by atoms with Crippen LogP contribution in [0.25, 0.3) is 5.32 Å². The summed E-state index contributed by atoms with van der Waals surface area (Å²) >= 11 is 0. The van der Waals surface area contributed by atoms with Gasteiger partial charge in [0.05, 0.1) is 0 Å². The Morgan fingerprint density at radius 3 is 1.67 bits per heavy atom. The molecular weight excluding hydrogens is 225 g/mol. The van der Waals surface area contributed by atoms with Crippen LogP contribution in [0, 0.1) is 0 Å². The van der Waals surface area contributed by atoms with Crippen molar-refractivity contribution in [2.24, 2.45) is 5.73 Å². The molecule has 0 bridgehead atoms. The van der Waals surface area contributed by atoms with Crippen LogP contribution in [-0.2, 0) is 32.7 Å². The molecule has 1 heterocycles. The van der Waals surface area contributed by atoms with E-state index in [9.17, 15) is 0 Å². The van der Waals surface area contributed by atoms with Crippen molar-refractivity contribution in [3.63, 3.8) is 0 Å². The van der Waals surface area contributed by atoms with Crippen LogP contribution in [0.3, 0.4) is 0 Å². The second-order valence-corrected chi connectivity index (χ2v) is 4.90. The Morgan fingerprint density at radius 2 is 1.42 bits per heavy atom. The molecule has 1 saturated heterocycles. The van der Waals surface area contributed by atoms with Gasteiger partial charge in [-0.2, -0.15) is 0 Å². The van der Waals surface area contributed by atoms with Gasteiger partial charge in [-0.3, -0.25) is 0 Å². The Labute approximate surface area is 101 Å². The molecule has 3 heteroatoms. The molecule has 0 spiro atoms. The van der Waals surface area contributed by atoms with Crippen molar-refractivity contribution in [3.8, 4) is 0 Å². The van der Waals surface area contributed by atoms with Crippen LogP contribution in [0.5, 0.6) is 0 Å². The normalized spacial score (nSPS) is 27.8. The summed E-state index contributed by atoms with van der Waals surface area (Å²) < 4.78 is 0. The number of nitrogens with two attached hydrogens (primary N) is 1. The molecule has 12 heavy (non-hydrogen) atoms. The van der Waals surface area contributed by atoms with Gasteiger partial charge >= 0.3 is 0 Å². The quantitative estimate of drug-likeness (QED) is 0.695. The molecule has 2 N–H and O–H groups in total. The van der Waals surface area contributed by atoms with Gasteiger partial charge < -0.3 is 11.1 Å². The first-order valence-corrected chi connectivity index (χ1v) is 4.30. The van der Waals surface area contributed by atoms with E-state index in [1.807, 2.05) is 0 Å². The predicted octanol–water partition coefficient (Wildman–Crippen LogP) is 2.04. The SMILES string of the molecule is CC1(C)CC(N)CC(C)(C)[N-]1.[Y]. The van der Waals surface area contributed by atoms with E-state index < -0.39 is 0 Å². The van der Waals surface area contributed by atoms with Gasteiger partial charge in [-0.15, -0.1) is 11.1 Å². The van der Waals surface area contributed by atoms with Crippen LogP contribution >= 0.6 is 0 Å². The van der Waals surface area contributed by atoms with Gasteiger partial charge in [0, 0.05) is 38.8 Å². The summed E-state index contributed by atoms with van der Waals surface area (Å²) in [7, 11) is 0. The largest absolute Gasteiger partial charge is 0.652 e. The Kier molecular flexibility index (Phi) is 4.38. The summed E-state index contributed by atoms with van der Waals surface area (Å²) in [5.74, 6) is 0. The van der Waals surface area contributed by atoms with Crippen LogP contribution in [-0.4, -0.2) is 17.1 Å². The van der Waals surface area contributed by atoms with Crippen molar-refractivity contribution < 1.29 is 32.7 Å². The molecule has 0 unspecified atom stereocenters. The zero-order chi connectivity index (χ0) is 8.70. The molecule has 1 aliphatic rings. The van der Waals surface area contributed by atoms with Crippen molar-refractivity contribution in [1.29, 1.82) is 0 Å². The molecule has 1 aliphatic heterocycles. The maximum atomic E-state index is 5.93. The van der Waals surface area contributed by atoms with Crippen molar-refractivity contribution in [1.82, 2.24) is 0 Å². The first-order chi connectivity index (χ1) is 4.81. The standard InChI is InChI=1S/C9H19N2.Y/c1-8(2)5-7(10)6-9(3,4)11-8;/h7H,5-6,10H2,1-4H3;/q-1;. The average Bonchev–Trinajstić information content (AvgIpc) is 1.49. The third-order valence-electron chi connectivity index (χ3n) is 2.13. The molecule has 2 nitrogen and oxygen atoms in total. The summed E-state index contributed by atoms with van der Waals surface area (Å²) in [4.78, 5) is 0. The van der Waals surface area contributed by atoms with E-state index in [2.05, 4.69) is 27.7 Å². The maximum absolute atomic E-state index is 5.93. The molecule has 1 radical (unpaired) electrons. The Bertz CT molecular complexity index is 139. The smallest absolute Gasteiger partial charge is 0.00158 e. The fourth-order valence-electron chi connectivity index (χ4n) is 2.27. The van der Waals surface area contributed by atoms with E-state index in [4.69, 9.17) is 11.1 Å². The molecule has 0 aromatic rings. The van der Waals surface area contributed by atoms with Gasteiger partial charge in [-0.1, -0.05) is 40.5 Å². The third-order valence-corrected chi connectivity index (χ3v) is 2.13. The van der Waals surface area contributed by atoms with E-state index in [1.165, 1.54) is 0 Å². The Hall–Kier alpha value is 1.02. The van der Waals surface area contributed by atoms with Gasteiger partial charge in [0.1, 0.15) is 0 Å². The molecule has 0 aromatic heterocycles. The van der Waals surface area contributed by atoms with E-state index in [-0.39, 0.29) is 43.8 Å². The van der Waals surface area contributed by atoms with E-state index in [1.54, 1.807) is 0 Å². The van der Waals surface area contributed by atoms with Gasteiger partial charge in [0.25, 0.3) is 0 Å². The van der Waals surface area contributed by atoms with E-state index in [0.717, 1.165) is 12.8 Å². The van der Waals surface area contributed by atoms with Crippen LogP contribution in [0.4, 0.5) is 0 Å². The molecule has 1 fully saturated rings. The third kappa shape index (κ3) is 3.82. The fourth-order valence-corrected chi connectivity index (χ4v) is 2.27. The second kappa shape index (κ2) is 4.04. The topological polar surface area (TPSA) is 40.1 Å². The van der Waals surface area contributed by atoms with Crippen LogP contribution in [0.15, 0.2) is 0 Å². The summed E-state index contributed by atoms with van der Waals surface area (Å²) in [5.41, 5.74) is 6.09. The van der Waals surface area contributed by atoms with E-state index in [0.29, 0.717) is 6.04 Å². The minimum absolute atomic E-state index is 0. The minimum Gasteiger partial charge on any atom is -0.652 e. The summed E-state index contributed by atoms with van der Waals surface area (Å²) in [5, 5.41) is 4.72. The monoisotopic (exact) mass is 244 g/mol. The van der Waals surface area contributed by atoms with Crippen molar-refractivity contribution in [2.45, 2.75) is 57.7 Å². The second-order valence-electron chi connectivity index (χ2n) is 4.90. The summed E-state index contributed by atoms with van der Waals surface area (Å²) in [6, 6.07) is 0.331. The van der Waals surface area contributed by atoms with Gasteiger partial charge in [-0.25, -0.2) is 0 Å². The predicted molar refractivity (Wildman–Crippen MR) is 48.7 cm³/mol. The molecule has 0 aromatic carbocycles. The van der Waals surface area contributed by atoms with Gasteiger partial charge in [-0.05, 0) is 0 Å².